The average molecular weight is 274 g/mol. The van der Waals surface area contributed by atoms with Crippen LogP contribution in [0, 0.1) is 5.41 Å². The molecule has 108 valence electrons. The lowest BCUT2D eigenvalue weighted by atomic mass is 9.76. The van der Waals surface area contributed by atoms with E-state index >= 15 is 0 Å². The summed E-state index contributed by atoms with van der Waals surface area (Å²) in [6.45, 7) is 3.47. The van der Waals surface area contributed by atoms with Gasteiger partial charge in [-0.2, -0.15) is 0 Å². The van der Waals surface area contributed by atoms with Gasteiger partial charge in [0.1, 0.15) is 0 Å². The van der Waals surface area contributed by atoms with Crippen LogP contribution >= 0.6 is 0 Å². The fraction of sp³-hybridized carbons (Fsp3) is 0.588. The summed E-state index contributed by atoms with van der Waals surface area (Å²) < 4.78 is 11.3. The molecule has 1 fully saturated rings. The van der Waals surface area contributed by atoms with Crippen molar-refractivity contribution in [2.45, 2.75) is 45.4 Å². The van der Waals surface area contributed by atoms with Gasteiger partial charge in [0.2, 0.25) is 0 Å². The Morgan fingerprint density at radius 1 is 1.10 bits per heavy atom. The number of hydrogen-bond donors (Lipinski definition) is 0. The van der Waals surface area contributed by atoms with Gasteiger partial charge in [0, 0.05) is 17.4 Å². The van der Waals surface area contributed by atoms with E-state index in [1.54, 1.807) is 0 Å². The molecule has 3 heteroatoms. The summed E-state index contributed by atoms with van der Waals surface area (Å²) in [6, 6.07) is 5.65. The zero-order valence-corrected chi connectivity index (χ0v) is 12.1. The summed E-state index contributed by atoms with van der Waals surface area (Å²) in [5, 5.41) is 0. The highest BCUT2D eigenvalue weighted by Gasteiger charge is 2.39. The molecule has 3 rings (SSSR count). The van der Waals surface area contributed by atoms with Gasteiger partial charge >= 0.3 is 0 Å². The third kappa shape index (κ3) is 2.30. The van der Waals surface area contributed by atoms with Crippen LogP contribution in [0.15, 0.2) is 18.2 Å². The van der Waals surface area contributed by atoms with Crippen molar-refractivity contribution in [1.82, 2.24) is 0 Å². The van der Waals surface area contributed by atoms with Crippen molar-refractivity contribution in [1.29, 1.82) is 0 Å². The molecular weight excluding hydrogens is 252 g/mol. The van der Waals surface area contributed by atoms with Crippen LogP contribution in [0.4, 0.5) is 0 Å². The Hall–Kier alpha value is -1.51. The third-order valence-corrected chi connectivity index (χ3v) is 4.73. The first-order valence-corrected chi connectivity index (χ1v) is 7.70. The van der Waals surface area contributed by atoms with Gasteiger partial charge < -0.3 is 9.47 Å². The second kappa shape index (κ2) is 5.47. The minimum atomic E-state index is -0.139. The van der Waals surface area contributed by atoms with Gasteiger partial charge in [-0.3, -0.25) is 4.79 Å². The van der Waals surface area contributed by atoms with E-state index in [1.165, 1.54) is 12.8 Å². The predicted molar refractivity (Wildman–Crippen MR) is 77.6 cm³/mol. The van der Waals surface area contributed by atoms with Gasteiger partial charge in [-0.05, 0) is 37.5 Å². The maximum Gasteiger partial charge on any atom is 0.169 e. The molecule has 1 aromatic carbocycles. The number of carbonyl (C=O) groups is 1. The lowest BCUT2D eigenvalue weighted by molar-refractivity contribution is 0.0791. The van der Waals surface area contributed by atoms with Crippen LogP contribution in [0.1, 0.15) is 55.8 Å². The molecule has 20 heavy (non-hydrogen) atoms. The van der Waals surface area contributed by atoms with Crippen molar-refractivity contribution >= 4 is 5.78 Å². The number of fused-ring (bicyclic) bond motifs is 1. The zero-order valence-electron chi connectivity index (χ0n) is 12.1. The first kappa shape index (κ1) is 13.5. The molecule has 0 amide bonds. The molecule has 0 saturated heterocycles. The quantitative estimate of drug-likeness (QED) is 0.781. The Kier molecular flexibility index (Phi) is 3.68. The van der Waals surface area contributed by atoms with Crippen LogP contribution in [0.3, 0.4) is 0 Å². The molecule has 2 aliphatic rings. The molecule has 0 radical (unpaired) electrons. The fourth-order valence-corrected chi connectivity index (χ4v) is 3.40. The normalized spacial score (nSPS) is 20.4. The van der Waals surface area contributed by atoms with Crippen molar-refractivity contribution < 1.29 is 14.3 Å². The second-order valence-corrected chi connectivity index (χ2v) is 5.88. The molecule has 1 aliphatic heterocycles. The van der Waals surface area contributed by atoms with E-state index in [9.17, 15) is 4.79 Å². The maximum atomic E-state index is 12.9. The number of benzene rings is 1. The predicted octanol–water partition coefficient (Wildman–Crippen LogP) is 4.00. The molecule has 0 spiro atoms. The Morgan fingerprint density at radius 2 is 1.80 bits per heavy atom. The van der Waals surface area contributed by atoms with Gasteiger partial charge in [0.15, 0.2) is 17.3 Å². The van der Waals surface area contributed by atoms with Gasteiger partial charge in [-0.15, -0.1) is 0 Å². The number of rotatable bonds is 3. The molecule has 3 nitrogen and oxygen atoms in total. The highest BCUT2D eigenvalue weighted by Crippen LogP contribution is 2.44. The zero-order chi connectivity index (χ0) is 14.0. The van der Waals surface area contributed by atoms with Gasteiger partial charge in [0.25, 0.3) is 0 Å². The van der Waals surface area contributed by atoms with E-state index in [0.29, 0.717) is 13.2 Å². The summed E-state index contributed by atoms with van der Waals surface area (Å²) in [5.74, 6) is 1.77. The highest BCUT2D eigenvalue weighted by molar-refractivity contribution is 6.01. The average Bonchev–Trinajstić information content (AvgIpc) is 2.85. The summed E-state index contributed by atoms with van der Waals surface area (Å²) in [4.78, 5) is 12.9. The summed E-state index contributed by atoms with van der Waals surface area (Å²) in [6.07, 6.45) is 6.21. The number of ether oxygens (including phenoxy) is 2. The molecule has 1 aliphatic carbocycles. The second-order valence-electron chi connectivity index (χ2n) is 5.88. The van der Waals surface area contributed by atoms with Crippen molar-refractivity contribution in [3.8, 4) is 11.5 Å². The summed E-state index contributed by atoms with van der Waals surface area (Å²) >= 11 is 0. The molecule has 0 aromatic heterocycles. The Morgan fingerprint density at radius 3 is 2.50 bits per heavy atom. The van der Waals surface area contributed by atoms with E-state index in [0.717, 1.165) is 42.7 Å². The largest absolute Gasteiger partial charge is 0.490 e. The van der Waals surface area contributed by atoms with Gasteiger partial charge in [0.05, 0.1) is 13.2 Å². The van der Waals surface area contributed by atoms with Crippen LogP contribution < -0.4 is 9.47 Å². The van der Waals surface area contributed by atoms with E-state index in [-0.39, 0.29) is 11.2 Å². The number of Topliss-reactive ketones (excluding diaryl/α,β-unsaturated/α-hetero) is 1. The molecule has 1 aromatic rings. The van der Waals surface area contributed by atoms with Crippen LogP contribution in [-0.4, -0.2) is 19.0 Å². The minimum Gasteiger partial charge on any atom is -0.490 e. The SMILES string of the molecule is CCC1(C(=O)c2ccc3c(c2)OCCCO3)CCCC1. The number of ketones is 1. The molecule has 0 N–H and O–H groups in total. The lowest BCUT2D eigenvalue weighted by Crippen LogP contribution is -2.27. The summed E-state index contributed by atoms with van der Waals surface area (Å²) in [7, 11) is 0. The third-order valence-electron chi connectivity index (χ3n) is 4.73. The molecule has 1 heterocycles. The van der Waals surface area contributed by atoms with E-state index in [1.807, 2.05) is 18.2 Å². The van der Waals surface area contributed by atoms with Crippen LogP contribution in [0.2, 0.25) is 0 Å². The first-order valence-electron chi connectivity index (χ1n) is 7.70. The monoisotopic (exact) mass is 274 g/mol. The van der Waals surface area contributed by atoms with E-state index < -0.39 is 0 Å². The first-order chi connectivity index (χ1) is 9.75. The summed E-state index contributed by atoms with van der Waals surface area (Å²) in [5.41, 5.74) is 0.637. The molecular formula is C17H22O3. The maximum absolute atomic E-state index is 12.9. The van der Waals surface area contributed by atoms with Crippen molar-refractivity contribution in [2.75, 3.05) is 13.2 Å². The number of carbonyl (C=O) groups excluding carboxylic acids is 1. The Bertz CT molecular complexity index is 501. The molecule has 1 saturated carbocycles. The van der Waals surface area contributed by atoms with Crippen LogP contribution in [-0.2, 0) is 0 Å². The van der Waals surface area contributed by atoms with Crippen molar-refractivity contribution in [2.24, 2.45) is 5.41 Å². The van der Waals surface area contributed by atoms with Gasteiger partial charge in [-0.25, -0.2) is 0 Å². The smallest absolute Gasteiger partial charge is 0.169 e. The fourth-order valence-electron chi connectivity index (χ4n) is 3.40. The van der Waals surface area contributed by atoms with E-state index in [2.05, 4.69) is 6.92 Å². The molecule has 0 atom stereocenters. The number of hydrogen-bond acceptors (Lipinski definition) is 3. The Balaban J connectivity index is 1.90. The Labute approximate surface area is 120 Å². The highest BCUT2D eigenvalue weighted by atomic mass is 16.5. The minimum absolute atomic E-state index is 0.139. The van der Waals surface area contributed by atoms with Crippen molar-refractivity contribution in [3.63, 3.8) is 0 Å². The van der Waals surface area contributed by atoms with E-state index in [4.69, 9.17) is 9.47 Å². The lowest BCUT2D eigenvalue weighted by Gasteiger charge is -2.26. The standard InChI is InChI=1S/C17H22O3/c1-2-17(8-3-4-9-17)16(18)13-6-7-14-15(12-13)20-11-5-10-19-14/h6-7,12H,2-5,8-11H2,1H3. The van der Waals surface area contributed by atoms with Gasteiger partial charge in [-0.1, -0.05) is 19.8 Å². The van der Waals surface area contributed by atoms with Crippen molar-refractivity contribution in [3.05, 3.63) is 23.8 Å². The molecule has 0 unspecified atom stereocenters. The molecule has 0 bridgehead atoms. The topological polar surface area (TPSA) is 35.5 Å². The van der Waals surface area contributed by atoms with Crippen LogP contribution in [0.5, 0.6) is 11.5 Å². The van der Waals surface area contributed by atoms with Crippen LogP contribution in [0.25, 0.3) is 0 Å².